The van der Waals surface area contributed by atoms with Gasteiger partial charge in [0.15, 0.2) is 0 Å². The van der Waals surface area contributed by atoms with Crippen LogP contribution in [0.4, 0.5) is 0 Å². The second kappa shape index (κ2) is 12.2. The van der Waals surface area contributed by atoms with Crippen molar-refractivity contribution in [1.82, 2.24) is 30.3 Å². The van der Waals surface area contributed by atoms with E-state index in [1.54, 1.807) is 41.0 Å². The Bertz CT molecular complexity index is 952. The van der Waals surface area contributed by atoms with E-state index in [-0.39, 0.29) is 36.9 Å². The van der Waals surface area contributed by atoms with Crippen molar-refractivity contribution in [2.75, 3.05) is 26.2 Å². The highest BCUT2D eigenvalue weighted by atomic mass is 35.5. The zero-order valence-electron chi connectivity index (χ0n) is 18.6. The molecule has 0 unspecified atom stereocenters. The third-order valence-corrected chi connectivity index (χ3v) is 5.39. The van der Waals surface area contributed by atoms with Gasteiger partial charge in [-0.2, -0.15) is 5.10 Å². The van der Waals surface area contributed by atoms with E-state index in [0.29, 0.717) is 61.7 Å². The summed E-state index contributed by atoms with van der Waals surface area (Å²) in [6.45, 7) is 3.39. The maximum absolute atomic E-state index is 12.8. The average Bonchev–Trinajstić information content (AvgIpc) is 3.29. The van der Waals surface area contributed by atoms with Crippen LogP contribution in [0.3, 0.4) is 0 Å². The van der Waals surface area contributed by atoms with Gasteiger partial charge in [0.05, 0.1) is 18.2 Å². The molecule has 178 valence electrons. The fourth-order valence-electron chi connectivity index (χ4n) is 3.47. The van der Waals surface area contributed by atoms with E-state index in [1.165, 1.54) is 6.33 Å². The summed E-state index contributed by atoms with van der Waals surface area (Å²) in [5.41, 5.74) is 0.347. The first kappa shape index (κ1) is 24.5. The highest BCUT2D eigenvalue weighted by Crippen LogP contribution is 2.23. The molecular weight excluding hydrogens is 448 g/mol. The molecule has 0 fully saturated rings. The van der Waals surface area contributed by atoms with Gasteiger partial charge in [-0.15, -0.1) is 0 Å². The van der Waals surface area contributed by atoms with Gasteiger partial charge < -0.3 is 20.3 Å². The maximum atomic E-state index is 12.8. The van der Waals surface area contributed by atoms with Crippen LogP contribution in [0.15, 0.2) is 30.9 Å². The fraction of sp³-hybridized carbons (Fsp3) is 0.500. The predicted molar refractivity (Wildman–Crippen MR) is 122 cm³/mol. The zero-order valence-corrected chi connectivity index (χ0v) is 19.4. The first-order valence-corrected chi connectivity index (χ1v) is 11.4. The molecule has 1 aromatic carbocycles. The summed E-state index contributed by atoms with van der Waals surface area (Å²) in [7, 11) is 0. The number of hydrogen-bond donors (Lipinski definition) is 2. The molecule has 3 rings (SSSR count). The van der Waals surface area contributed by atoms with Crippen molar-refractivity contribution in [3.8, 4) is 5.75 Å². The van der Waals surface area contributed by atoms with Crippen molar-refractivity contribution in [3.63, 3.8) is 0 Å². The van der Waals surface area contributed by atoms with Crippen LogP contribution in [-0.2, 0) is 16.1 Å². The number of nitrogens with zero attached hydrogens (tertiary/aromatic N) is 4. The molecule has 33 heavy (non-hydrogen) atoms. The Balaban J connectivity index is 1.62. The number of halogens is 1. The highest BCUT2D eigenvalue weighted by Gasteiger charge is 2.20. The van der Waals surface area contributed by atoms with Crippen molar-refractivity contribution in [2.24, 2.45) is 0 Å². The molecular formula is C22H29ClN6O4. The summed E-state index contributed by atoms with van der Waals surface area (Å²) >= 11 is 6.06. The summed E-state index contributed by atoms with van der Waals surface area (Å²) < 4.78 is 7.45. The monoisotopic (exact) mass is 476 g/mol. The van der Waals surface area contributed by atoms with E-state index >= 15 is 0 Å². The van der Waals surface area contributed by atoms with Gasteiger partial charge in [-0.3, -0.25) is 19.1 Å². The lowest BCUT2D eigenvalue weighted by atomic mass is 10.1. The van der Waals surface area contributed by atoms with Crippen LogP contribution in [0.2, 0.25) is 5.02 Å². The SMILES string of the molecule is C[C@H]1COc2ccc(Cl)cc2C(=O)NCCCCN(C(=O)CCCn2cncn2)CC(=O)N1. The number of ether oxygens (including phenoxy) is 1. The summed E-state index contributed by atoms with van der Waals surface area (Å²) in [4.78, 5) is 43.4. The van der Waals surface area contributed by atoms with Crippen molar-refractivity contribution in [3.05, 3.63) is 41.4 Å². The summed E-state index contributed by atoms with van der Waals surface area (Å²) in [5.74, 6) is -0.224. The Labute approximate surface area is 197 Å². The molecule has 3 amide bonds. The molecule has 2 N–H and O–H groups in total. The summed E-state index contributed by atoms with van der Waals surface area (Å²) in [6.07, 6.45) is 5.26. The van der Waals surface area contributed by atoms with Crippen LogP contribution in [0.25, 0.3) is 0 Å². The van der Waals surface area contributed by atoms with Gasteiger partial charge in [0, 0.05) is 31.1 Å². The number of fused-ring (bicyclic) bond motifs is 1. The Morgan fingerprint density at radius 3 is 2.94 bits per heavy atom. The number of rotatable bonds is 4. The molecule has 1 aromatic heterocycles. The van der Waals surface area contributed by atoms with Crippen LogP contribution in [0.5, 0.6) is 5.75 Å². The van der Waals surface area contributed by atoms with E-state index in [1.807, 2.05) is 0 Å². The second-order valence-corrected chi connectivity index (χ2v) is 8.40. The van der Waals surface area contributed by atoms with Crippen LogP contribution in [-0.4, -0.2) is 69.7 Å². The van der Waals surface area contributed by atoms with Crippen LogP contribution in [0, 0.1) is 0 Å². The third kappa shape index (κ3) is 7.74. The lowest BCUT2D eigenvalue weighted by Crippen LogP contribution is -2.45. The quantitative estimate of drug-likeness (QED) is 0.692. The Kier molecular flexibility index (Phi) is 9.05. The van der Waals surface area contributed by atoms with Gasteiger partial charge in [-0.1, -0.05) is 11.6 Å². The summed E-state index contributed by atoms with van der Waals surface area (Å²) in [6, 6.07) is 4.53. The number of nitrogens with one attached hydrogen (secondary N) is 2. The first-order valence-electron chi connectivity index (χ1n) is 11.0. The number of amides is 3. The Morgan fingerprint density at radius 1 is 1.30 bits per heavy atom. The van der Waals surface area contributed by atoms with Gasteiger partial charge in [0.2, 0.25) is 11.8 Å². The molecule has 2 heterocycles. The predicted octanol–water partition coefficient (Wildman–Crippen LogP) is 1.65. The van der Waals surface area contributed by atoms with Gasteiger partial charge in [-0.25, -0.2) is 4.98 Å². The number of carbonyl (C=O) groups excluding carboxylic acids is 3. The number of carbonyl (C=O) groups is 3. The second-order valence-electron chi connectivity index (χ2n) is 7.96. The Morgan fingerprint density at radius 2 is 2.15 bits per heavy atom. The van der Waals surface area contributed by atoms with Crippen molar-refractivity contribution >= 4 is 29.3 Å². The maximum Gasteiger partial charge on any atom is 0.255 e. The average molecular weight is 477 g/mol. The normalized spacial score (nSPS) is 18.2. The van der Waals surface area contributed by atoms with Gasteiger partial charge in [0.25, 0.3) is 5.91 Å². The van der Waals surface area contributed by atoms with Gasteiger partial charge in [-0.05, 0) is 44.4 Å². The number of hydrogen-bond acceptors (Lipinski definition) is 6. The summed E-state index contributed by atoms with van der Waals surface area (Å²) in [5, 5.41) is 10.2. The molecule has 0 spiro atoms. The van der Waals surface area contributed by atoms with Crippen molar-refractivity contribution in [1.29, 1.82) is 0 Å². The molecule has 0 bridgehead atoms. The third-order valence-electron chi connectivity index (χ3n) is 5.15. The molecule has 0 aliphatic carbocycles. The zero-order chi connectivity index (χ0) is 23.6. The molecule has 1 aliphatic heterocycles. The number of benzene rings is 1. The Hall–Kier alpha value is -3.14. The van der Waals surface area contributed by atoms with E-state index < -0.39 is 0 Å². The molecule has 1 atom stereocenters. The van der Waals surface area contributed by atoms with E-state index in [2.05, 4.69) is 20.7 Å². The minimum Gasteiger partial charge on any atom is -0.491 e. The van der Waals surface area contributed by atoms with Crippen LogP contribution in [0.1, 0.15) is 43.0 Å². The van der Waals surface area contributed by atoms with Crippen molar-refractivity contribution < 1.29 is 19.1 Å². The fourth-order valence-corrected chi connectivity index (χ4v) is 3.64. The minimum atomic E-state index is -0.321. The molecule has 0 radical (unpaired) electrons. The first-order chi connectivity index (χ1) is 15.9. The highest BCUT2D eigenvalue weighted by molar-refractivity contribution is 6.31. The molecule has 11 heteroatoms. The van der Waals surface area contributed by atoms with Gasteiger partial charge in [0.1, 0.15) is 25.0 Å². The van der Waals surface area contributed by atoms with E-state index in [0.717, 1.165) is 0 Å². The molecule has 0 saturated heterocycles. The standard InChI is InChI=1S/C22H29ClN6O4/c1-16-13-33-19-7-6-17(23)11-18(19)22(32)25-8-2-3-9-28(12-20(30)27-16)21(31)5-4-10-29-15-24-14-26-29/h6-7,11,14-16H,2-5,8-10,12-13H2,1H3,(H,25,32)(H,27,30)/t16-/m0/s1. The number of aromatic nitrogens is 3. The minimum absolute atomic E-state index is 0.0228. The molecule has 0 saturated carbocycles. The van der Waals surface area contributed by atoms with Crippen LogP contribution >= 0.6 is 11.6 Å². The number of aryl methyl sites for hydroxylation is 1. The molecule has 10 nitrogen and oxygen atoms in total. The lowest BCUT2D eigenvalue weighted by Gasteiger charge is -2.23. The smallest absolute Gasteiger partial charge is 0.255 e. The van der Waals surface area contributed by atoms with Gasteiger partial charge >= 0.3 is 0 Å². The van der Waals surface area contributed by atoms with Crippen molar-refractivity contribution in [2.45, 2.75) is 45.2 Å². The van der Waals surface area contributed by atoms with E-state index in [9.17, 15) is 14.4 Å². The van der Waals surface area contributed by atoms with E-state index in [4.69, 9.17) is 16.3 Å². The lowest BCUT2D eigenvalue weighted by molar-refractivity contribution is -0.136. The molecule has 1 aliphatic rings. The van der Waals surface area contributed by atoms with Crippen LogP contribution < -0.4 is 15.4 Å². The topological polar surface area (TPSA) is 118 Å². The largest absolute Gasteiger partial charge is 0.491 e. The molecule has 2 aromatic rings.